The highest BCUT2D eigenvalue weighted by Gasteiger charge is 2.26. The van der Waals surface area contributed by atoms with Crippen LogP contribution in [0.3, 0.4) is 0 Å². The van der Waals surface area contributed by atoms with Gasteiger partial charge in [-0.3, -0.25) is 4.79 Å². The Bertz CT molecular complexity index is 530. The van der Waals surface area contributed by atoms with Gasteiger partial charge in [0, 0.05) is 32.4 Å². The van der Waals surface area contributed by atoms with E-state index in [2.05, 4.69) is 5.32 Å². The van der Waals surface area contributed by atoms with Crippen LogP contribution in [0.5, 0.6) is 5.75 Å². The molecule has 2 rings (SSSR count). The Balaban J connectivity index is 1.91. The summed E-state index contributed by atoms with van der Waals surface area (Å²) in [4.78, 5) is 12.3. The fraction of sp³-hybridized carbons (Fsp3) is 0.611. The average Bonchev–Trinajstić information content (AvgIpc) is 2.61. The molecule has 1 amide bonds. The molecule has 6 heteroatoms. The van der Waals surface area contributed by atoms with E-state index < -0.39 is 6.04 Å². The highest BCUT2D eigenvalue weighted by atomic mass is 16.5. The third-order valence-corrected chi connectivity index (χ3v) is 4.30. The number of carbonyl (C=O) groups is 1. The van der Waals surface area contributed by atoms with Gasteiger partial charge in [0.05, 0.1) is 12.6 Å². The van der Waals surface area contributed by atoms with Crippen molar-refractivity contribution in [2.45, 2.75) is 32.4 Å². The molecule has 1 fully saturated rings. The maximum atomic E-state index is 12.3. The lowest BCUT2D eigenvalue weighted by Crippen LogP contribution is -2.46. The normalized spacial score (nSPS) is 16.6. The van der Waals surface area contributed by atoms with E-state index in [-0.39, 0.29) is 11.8 Å². The van der Waals surface area contributed by atoms with Gasteiger partial charge in [0.15, 0.2) is 0 Å². The number of rotatable bonds is 8. The van der Waals surface area contributed by atoms with Gasteiger partial charge in [-0.05, 0) is 37.3 Å². The molecular weight excluding hydrogens is 308 g/mol. The Morgan fingerprint density at radius 2 is 2.12 bits per heavy atom. The predicted molar refractivity (Wildman–Crippen MR) is 91.9 cm³/mol. The summed E-state index contributed by atoms with van der Waals surface area (Å²) >= 11 is 0. The van der Waals surface area contributed by atoms with Gasteiger partial charge in [0.1, 0.15) is 12.4 Å². The quantitative estimate of drug-likeness (QED) is 0.701. The molecule has 24 heavy (non-hydrogen) atoms. The van der Waals surface area contributed by atoms with Crippen molar-refractivity contribution in [2.75, 3.05) is 33.5 Å². The molecule has 1 atom stereocenters. The standard InChI is InChI=1S/C18H28N2O4/c1-13-3-4-15(16(11-13)24-10-9-22-2)12-20-18(21)17(19)14-5-7-23-8-6-14/h3-4,11,14,17H,5-10,12,19H2,1-2H3,(H,20,21). The van der Waals surface area contributed by atoms with Gasteiger partial charge in [-0.2, -0.15) is 0 Å². The molecule has 0 aromatic heterocycles. The minimum atomic E-state index is -0.489. The first-order valence-electron chi connectivity index (χ1n) is 8.44. The zero-order valence-corrected chi connectivity index (χ0v) is 14.5. The van der Waals surface area contributed by atoms with Crippen LogP contribution in [0.1, 0.15) is 24.0 Å². The van der Waals surface area contributed by atoms with Gasteiger partial charge in [-0.15, -0.1) is 0 Å². The van der Waals surface area contributed by atoms with Gasteiger partial charge in [0.25, 0.3) is 0 Å². The Morgan fingerprint density at radius 1 is 1.38 bits per heavy atom. The molecule has 1 unspecified atom stereocenters. The topological polar surface area (TPSA) is 82.8 Å². The minimum Gasteiger partial charge on any atom is -0.491 e. The van der Waals surface area contributed by atoms with Crippen molar-refractivity contribution in [1.82, 2.24) is 5.32 Å². The molecule has 6 nitrogen and oxygen atoms in total. The Hall–Kier alpha value is -1.63. The Labute approximate surface area is 143 Å². The zero-order valence-electron chi connectivity index (χ0n) is 14.5. The van der Waals surface area contributed by atoms with E-state index in [1.54, 1.807) is 7.11 Å². The molecule has 0 aliphatic carbocycles. The van der Waals surface area contributed by atoms with Crippen LogP contribution < -0.4 is 15.8 Å². The van der Waals surface area contributed by atoms with E-state index in [1.807, 2.05) is 25.1 Å². The molecule has 1 aliphatic rings. The van der Waals surface area contributed by atoms with Crippen molar-refractivity contribution in [3.05, 3.63) is 29.3 Å². The fourth-order valence-corrected chi connectivity index (χ4v) is 2.77. The summed E-state index contributed by atoms with van der Waals surface area (Å²) in [7, 11) is 1.64. The lowest BCUT2D eigenvalue weighted by Gasteiger charge is -2.26. The van der Waals surface area contributed by atoms with Crippen molar-refractivity contribution in [2.24, 2.45) is 11.7 Å². The third kappa shape index (κ3) is 5.47. The average molecular weight is 336 g/mol. The van der Waals surface area contributed by atoms with Gasteiger partial charge in [-0.1, -0.05) is 12.1 Å². The smallest absolute Gasteiger partial charge is 0.237 e. The summed E-state index contributed by atoms with van der Waals surface area (Å²) in [5, 5.41) is 2.93. The molecule has 1 aliphatic heterocycles. The summed E-state index contributed by atoms with van der Waals surface area (Å²) in [6.07, 6.45) is 1.68. The van der Waals surface area contributed by atoms with E-state index in [4.69, 9.17) is 19.9 Å². The van der Waals surface area contributed by atoms with Crippen LogP contribution >= 0.6 is 0 Å². The second-order valence-corrected chi connectivity index (χ2v) is 6.15. The first kappa shape index (κ1) is 18.7. The molecule has 1 heterocycles. The molecule has 0 spiro atoms. The molecule has 0 radical (unpaired) electrons. The summed E-state index contributed by atoms with van der Waals surface area (Å²) in [6.45, 7) is 4.77. The van der Waals surface area contributed by atoms with Crippen LogP contribution in [0.15, 0.2) is 18.2 Å². The molecule has 0 bridgehead atoms. The van der Waals surface area contributed by atoms with Gasteiger partial charge in [0.2, 0.25) is 5.91 Å². The van der Waals surface area contributed by atoms with Crippen LogP contribution in [-0.4, -0.2) is 45.5 Å². The van der Waals surface area contributed by atoms with Crippen molar-refractivity contribution < 1.29 is 19.0 Å². The molecule has 3 N–H and O–H groups in total. The third-order valence-electron chi connectivity index (χ3n) is 4.30. The molecule has 134 valence electrons. The minimum absolute atomic E-state index is 0.120. The van der Waals surface area contributed by atoms with Crippen molar-refractivity contribution in [1.29, 1.82) is 0 Å². The number of hydrogen-bond donors (Lipinski definition) is 2. The number of benzene rings is 1. The Kier molecular flexibility index (Phi) is 7.49. The largest absolute Gasteiger partial charge is 0.491 e. The lowest BCUT2D eigenvalue weighted by molar-refractivity contribution is -0.124. The van der Waals surface area contributed by atoms with Crippen molar-refractivity contribution in [3.63, 3.8) is 0 Å². The number of ether oxygens (including phenoxy) is 3. The maximum absolute atomic E-state index is 12.3. The number of aryl methyl sites for hydroxylation is 1. The maximum Gasteiger partial charge on any atom is 0.237 e. The highest BCUT2D eigenvalue weighted by molar-refractivity contribution is 5.81. The summed E-state index contributed by atoms with van der Waals surface area (Å²) in [5.74, 6) is 0.839. The number of amides is 1. The van der Waals surface area contributed by atoms with E-state index in [0.717, 1.165) is 29.7 Å². The lowest BCUT2D eigenvalue weighted by atomic mass is 9.92. The van der Waals surface area contributed by atoms with Crippen molar-refractivity contribution in [3.8, 4) is 5.75 Å². The van der Waals surface area contributed by atoms with E-state index in [0.29, 0.717) is 33.0 Å². The monoisotopic (exact) mass is 336 g/mol. The second-order valence-electron chi connectivity index (χ2n) is 6.15. The summed E-state index contributed by atoms with van der Waals surface area (Å²) < 4.78 is 16.1. The highest BCUT2D eigenvalue weighted by Crippen LogP contribution is 2.21. The van der Waals surface area contributed by atoms with Crippen LogP contribution in [0.4, 0.5) is 0 Å². The number of nitrogens with one attached hydrogen (secondary N) is 1. The first-order chi connectivity index (χ1) is 11.6. The van der Waals surface area contributed by atoms with Crippen molar-refractivity contribution >= 4 is 5.91 Å². The SMILES string of the molecule is COCCOc1cc(C)ccc1CNC(=O)C(N)C1CCOCC1. The van der Waals surface area contributed by atoms with Gasteiger partial charge in [-0.25, -0.2) is 0 Å². The number of nitrogens with two attached hydrogens (primary N) is 1. The predicted octanol–water partition coefficient (Wildman–Crippen LogP) is 1.39. The molecule has 0 saturated carbocycles. The first-order valence-corrected chi connectivity index (χ1v) is 8.44. The summed E-state index contributed by atoms with van der Waals surface area (Å²) in [6, 6.07) is 5.45. The second kappa shape index (κ2) is 9.61. The number of methoxy groups -OCH3 is 1. The van der Waals surface area contributed by atoms with E-state index in [9.17, 15) is 4.79 Å². The summed E-state index contributed by atoms with van der Waals surface area (Å²) in [5.41, 5.74) is 8.14. The molecular formula is C18H28N2O4. The van der Waals surface area contributed by atoms with Crippen LogP contribution in [0, 0.1) is 12.8 Å². The van der Waals surface area contributed by atoms with Crippen LogP contribution in [0.2, 0.25) is 0 Å². The van der Waals surface area contributed by atoms with Gasteiger partial charge < -0.3 is 25.3 Å². The van der Waals surface area contributed by atoms with E-state index in [1.165, 1.54) is 0 Å². The molecule has 1 aromatic rings. The zero-order chi connectivity index (χ0) is 17.4. The number of carbonyl (C=O) groups excluding carboxylic acids is 1. The molecule has 1 saturated heterocycles. The van der Waals surface area contributed by atoms with Crippen LogP contribution in [-0.2, 0) is 20.8 Å². The Morgan fingerprint density at radius 3 is 2.83 bits per heavy atom. The number of hydrogen-bond acceptors (Lipinski definition) is 5. The fourth-order valence-electron chi connectivity index (χ4n) is 2.77. The van der Waals surface area contributed by atoms with Crippen LogP contribution in [0.25, 0.3) is 0 Å². The molecule has 1 aromatic carbocycles. The van der Waals surface area contributed by atoms with Gasteiger partial charge >= 0.3 is 0 Å². The van der Waals surface area contributed by atoms with E-state index >= 15 is 0 Å².